The maximum absolute atomic E-state index is 6.27. The van der Waals surface area contributed by atoms with Gasteiger partial charge in [0.1, 0.15) is 13.6 Å². The van der Waals surface area contributed by atoms with E-state index >= 15 is 0 Å². The van der Waals surface area contributed by atoms with Gasteiger partial charge in [-0.15, -0.1) is 0 Å². The Bertz CT molecular complexity index is 444. The minimum absolute atomic E-state index is 0.735. The predicted octanol–water partition coefficient (Wildman–Crippen LogP) is 3.80. The summed E-state index contributed by atoms with van der Waals surface area (Å²) in [5.41, 5.74) is 2.32. The van der Waals surface area contributed by atoms with Crippen molar-refractivity contribution in [3.05, 3.63) is 40.9 Å². The van der Waals surface area contributed by atoms with Crippen molar-refractivity contribution in [2.75, 3.05) is 13.6 Å². The number of nitrogens with zero attached hydrogens (tertiary/aromatic N) is 1. The third-order valence-corrected chi connectivity index (χ3v) is 3.41. The van der Waals surface area contributed by atoms with Gasteiger partial charge in [-0.05, 0) is 17.7 Å². The van der Waals surface area contributed by atoms with E-state index in [1.54, 1.807) is 0 Å². The Hall–Kier alpha value is -0.790. The van der Waals surface area contributed by atoms with E-state index in [0.29, 0.717) is 0 Å². The van der Waals surface area contributed by atoms with Crippen LogP contribution in [0.25, 0.3) is 5.03 Å². The van der Waals surface area contributed by atoms with Crippen LogP contribution in [0.5, 0.6) is 0 Å². The van der Waals surface area contributed by atoms with Crippen LogP contribution in [0.15, 0.2) is 30.3 Å². The second-order valence-corrected chi connectivity index (χ2v) is 4.86. The molecule has 1 nitrogen and oxygen atoms in total. The number of hydrogen-bond acceptors (Lipinski definition) is 0. The molecule has 0 unspecified atom stereocenters. The molecule has 0 fully saturated rings. The van der Waals surface area contributed by atoms with Gasteiger partial charge in [0.15, 0.2) is 5.71 Å². The Morgan fingerprint density at radius 3 is 2.56 bits per heavy atom. The zero-order valence-corrected chi connectivity index (χ0v) is 10.7. The molecule has 1 aliphatic rings. The molecular formula is C13H14Cl2N+. The molecule has 0 saturated heterocycles. The predicted molar refractivity (Wildman–Crippen MR) is 70.6 cm³/mol. The van der Waals surface area contributed by atoms with Crippen molar-refractivity contribution in [1.29, 1.82) is 0 Å². The fraction of sp³-hybridized carbons (Fsp3) is 0.308. The van der Waals surface area contributed by atoms with Gasteiger partial charge in [-0.3, -0.25) is 0 Å². The lowest BCUT2D eigenvalue weighted by Crippen LogP contribution is -2.06. The second kappa shape index (κ2) is 5.03. The van der Waals surface area contributed by atoms with Gasteiger partial charge in [0.2, 0.25) is 0 Å². The Labute approximate surface area is 106 Å². The first kappa shape index (κ1) is 11.7. The number of benzene rings is 1. The van der Waals surface area contributed by atoms with E-state index < -0.39 is 0 Å². The molecule has 0 spiro atoms. The van der Waals surface area contributed by atoms with Crippen LogP contribution in [-0.2, 0) is 0 Å². The minimum Gasteiger partial charge on any atom is -0.236 e. The monoisotopic (exact) mass is 254 g/mol. The van der Waals surface area contributed by atoms with Crippen LogP contribution in [0.3, 0.4) is 0 Å². The molecule has 1 aromatic carbocycles. The summed E-state index contributed by atoms with van der Waals surface area (Å²) in [6, 6.07) is 7.60. The third kappa shape index (κ3) is 2.66. The second-order valence-electron chi connectivity index (χ2n) is 4.02. The molecule has 1 aliphatic heterocycles. The molecule has 2 rings (SSSR count). The summed E-state index contributed by atoms with van der Waals surface area (Å²) in [5.74, 6) is 0. The molecule has 0 radical (unpaired) electrons. The molecule has 0 atom stereocenters. The van der Waals surface area contributed by atoms with Gasteiger partial charge in [0, 0.05) is 23.9 Å². The van der Waals surface area contributed by atoms with Crippen molar-refractivity contribution in [3.8, 4) is 0 Å². The maximum Gasteiger partial charge on any atom is 0.177 e. The van der Waals surface area contributed by atoms with Crippen molar-refractivity contribution in [2.45, 2.75) is 12.8 Å². The van der Waals surface area contributed by atoms with Crippen molar-refractivity contribution in [2.24, 2.45) is 0 Å². The van der Waals surface area contributed by atoms with Crippen molar-refractivity contribution >= 4 is 33.9 Å². The van der Waals surface area contributed by atoms with Gasteiger partial charge in [-0.2, -0.15) is 0 Å². The summed E-state index contributed by atoms with van der Waals surface area (Å²) in [7, 11) is 2.10. The van der Waals surface area contributed by atoms with E-state index in [1.807, 2.05) is 24.3 Å². The molecule has 16 heavy (non-hydrogen) atoms. The van der Waals surface area contributed by atoms with Gasteiger partial charge in [0.05, 0.1) is 5.03 Å². The van der Waals surface area contributed by atoms with Crippen LogP contribution in [0.1, 0.15) is 18.4 Å². The van der Waals surface area contributed by atoms with E-state index in [-0.39, 0.29) is 0 Å². The topological polar surface area (TPSA) is 3.01 Å². The summed E-state index contributed by atoms with van der Waals surface area (Å²) in [6.07, 6.45) is 4.38. The van der Waals surface area contributed by atoms with Crippen LogP contribution < -0.4 is 0 Å². The Balaban J connectivity index is 2.24. The van der Waals surface area contributed by atoms with Crippen LogP contribution in [0.2, 0.25) is 5.02 Å². The molecule has 84 valence electrons. The highest BCUT2D eigenvalue weighted by molar-refractivity contribution is 6.50. The van der Waals surface area contributed by atoms with E-state index in [0.717, 1.165) is 28.6 Å². The molecule has 0 bridgehead atoms. The quantitative estimate of drug-likeness (QED) is 0.707. The smallest absolute Gasteiger partial charge is 0.177 e. The summed E-state index contributed by atoms with van der Waals surface area (Å²) in [4.78, 5) is 0. The molecule has 0 saturated carbocycles. The zero-order valence-electron chi connectivity index (χ0n) is 9.21. The first-order chi connectivity index (χ1) is 7.66. The normalized spacial score (nSPS) is 17.1. The molecule has 0 aromatic heterocycles. The van der Waals surface area contributed by atoms with Gasteiger partial charge in [0.25, 0.3) is 0 Å². The Morgan fingerprint density at radius 2 is 2.00 bits per heavy atom. The summed E-state index contributed by atoms with van der Waals surface area (Å²) < 4.78 is 2.25. The lowest BCUT2D eigenvalue weighted by atomic mass is 10.1. The van der Waals surface area contributed by atoms with Gasteiger partial charge in [-0.1, -0.05) is 35.3 Å². The summed E-state index contributed by atoms with van der Waals surface area (Å²) in [6.45, 7) is 1.12. The minimum atomic E-state index is 0.735. The first-order valence-electron chi connectivity index (χ1n) is 5.37. The number of halogens is 2. The Kier molecular flexibility index (Phi) is 3.67. The Morgan fingerprint density at radius 1 is 1.31 bits per heavy atom. The average molecular weight is 255 g/mol. The average Bonchev–Trinajstić information content (AvgIpc) is 2.65. The van der Waals surface area contributed by atoms with E-state index in [9.17, 15) is 0 Å². The molecule has 0 aliphatic carbocycles. The number of hydrogen-bond donors (Lipinski definition) is 0. The SMILES string of the molecule is C[N+]1=C(/C=C(\Cl)c2ccc(Cl)cc2)CCC1. The highest BCUT2D eigenvalue weighted by Gasteiger charge is 2.16. The van der Waals surface area contributed by atoms with Crippen LogP contribution >= 0.6 is 23.2 Å². The number of rotatable bonds is 2. The number of allylic oxidation sites excluding steroid dienone is 1. The van der Waals surface area contributed by atoms with Gasteiger partial charge >= 0.3 is 0 Å². The molecular weight excluding hydrogens is 241 g/mol. The largest absolute Gasteiger partial charge is 0.236 e. The summed E-state index contributed by atoms with van der Waals surface area (Å²) in [5, 5.41) is 1.51. The van der Waals surface area contributed by atoms with E-state index in [1.165, 1.54) is 12.1 Å². The standard InChI is InChI=1S/C13H14Cl2N/c1-16-8-2-3-12(16)9-13(15)10-4-6-11(14)7-5-10/h4-7,9H,2-3,8H2,1H3/q+1/b13-9-. The van der Waals surface area contributed by atoms with Crippen molar-refractivity contribution < 1.29 is 4.58 Å². The zero-order chi connectivity index (χ0) is 11.5. The van der Waals surface area contributed by atoms with Crippen molar-refractivity contribution in [3.63, 3.8) is 0 Å². The highest BCUT2D eigenvalue weighted by Crippen LogP contribution is 2.22. The third-order valence-electron chi connectivity index (χ3n) is 2.83. The van der Waals surface area contributed by atoms with E-state index in [4.69, 9.17) is 23.2 Å². The van der Waals surface area contributed by atoms with E-state index in [2.05, 4.69) is 17.7 Å². The van der Waals surface area contributed by atoms with Crippen LogP contribution in [0.4, 0.5) is 0 Å². The van der Waals surface area contributed by atoms with Crippen LogP contribution in [0, 0.1) is 0 Å². The first-order valence-corrected chi connectivity index (χ1v) is 6.12. The highest BCUT2D eigenvalue weighted by atomic mass is 35.5. The van der Waals surface area contributed by atoms with Gasteiger partial charge < -0.3 is 0 Å². The fourth-order valence-corrected chi connectivity index (χ4v) is 2.23. The molecule has 0 N–H and O–H groups in total. The van der Waals surface area contributed by atoms with Gasteiger partial charge in [-0.25, -0.2) is 4.58 Å². The van der Waals surface area contributed by atoms with Crippen LogP contribution in [-0.4, -0.2) is 23.9 Å². The lowest BCUT2D eigenvalue weighted by Gasteiger charge is -1.99. The maximum atomic E-state index is 6.27. The van der Waals surface area contributed by atoms with Crippen molar-refractivity contribution in [1.82, 2.24) is 0 Å². The summed E-state index contributed by atoms with van der Waals surface area (Å²) >= 11 is 12.1. The fourth-order valence-electron chi connectivity index (χ4n) is 1.85. The molecule has 1 heterocycles. The molecule has 1 aromatic rings. The molecule has 3 heteroatoms. The molecule has 0 amide bonds. The lowest BCUT2D eigenvalue weighted by molar-refractivity contribution is -0.487.